The Morgan fingerprint density at radius 3 is 2.39 bits per heavy atom. The number of rotatable bonds is 6. The first-order valence-electron chi connectivity index (χ1n) is 12.0. The van der Waals surface area contributed by atoms with E-state index < -0.39 is 12.1 Å². The Bertz CT molecular complexity index is 772. The first-order valence-corrected chi connectivity index (χ1v) is 12.0. The summed E-state index contributed by atoms with van der Waals surface area (Å²) in [4.78, 5) is 45.3. The Morgan fingerprint density at radius 2 is 1.68 bits per heavy atom. The lowest BCUT2D eigenvalue weighted by Crippen LogP contribution is -2.56. The summed E-state index contributed by atoms with van der Waals surface area (Å²) in [5.74, 6) is -0.361. The molecule has 1 saturated heterocycles. The van der Waals surface area contributed by atoms with Gasteiger partial charge >= 0.3 is 0 Å². The van der Waals surface area contributed by atoms with Crippen LogP contribution in [0.5, 0.6) is 0 Å². The average Bonchev–Trinajstić information content (AvgIpc) is 3.50. The summed E-state index contributed by atoms with van der Waals surface area (Å²) in [6, 6.07) is 4.40. The second kappa shape index (κ2) is 10.2. The third-order valence-electron chi connectivity index (χ3n) is 7.11. The van der Waals surface area contributed by atoms with Crippen molar-refractivity contribution >= 4 is 17.7 Å². The van der Waals surface area contributed by atoms with Gasteiger partial charge in [-0.25, -0.2) is 0 Å². The average molecular weight is 427 g/mol. The molecule has 3 aliphatic rings. The Balaban J connectivity index is 1.48. The molecule has 31 heavy (non-hydrogen) atoms. The molecule has 1 aromatic heterocycles. The highest BCUT2D eigenvalue weighted by molar-refractivity contribution is 5.97. The minimum absolute atomic E-state index is 0.0313. The van der Waals surface area contributed by atoms with E-state index in [9.17, 15) is 14.4 Å². The van der Waals surface area contributed by atoms with Crippen molar-refractivity contribution in [1.29, 1.82) is 0 Å². The van der Waals surface area contributed by atoms with Crippen LogP contribution in [0.2, 0.25) is 0 Å². The van der Waals surface area contributed by atoms with Gasteiger partial charge in [-0.05, 0) is 56.6 Å². The highest BCUT2D eigenvalue weighted by atomic mass is 16.2. The van der Waals surface area contributed by atoms with E-state index in [-0.39, 0.29) is 29.7 Å². The van der Waals surface area contributed by atoms with Crippen LogP contribution in [-0.2, 0) is 9.59 Å². The molecule has 2 N–H and O–H groups in total. The smallest absolute Gasteiger partial charge is 0.270 e. The molecule has 2 aliphatic carbocycles. The van der Waals surface area contributed by atoms with Crippen LogP contribution in [0, 0.1) is 5.92 Å². The fourth-order valence-corrected chi connectivity index (χ4v) is 5.41. The Morgan fingerprint density at radius 1 is 0.935 bits per heavy atom. The van der Waals surface area contributed by atoms with Crippen LogP contribution in [0.4, 0.5) is 0 Å². The van der Waals surface area contributed by atoms with Crippen molar-refractivity contribution in [2.45, 2.75) is 88.8 Å². The molecule has 7 nitrogen and oxygen atoms in total. The monoisotopic (exact) mass is 426 g/mol. The largest absolute Gasteiger partial charge is 0.352 e. The summed E-state index contributed by atoms with van der Waals surface area (Å²) >= 11 is 0. The maximum Gasteiger partial charge on any atom is 0.270 e. The van der Waals surface area contributed by atoms with Gasteiger partial charge in [0.05, 0.1) is 0 Å². The van der Waals surface area contributed by atoms with Crippen LogP contribution < -0.4 is 10.6 Å². The summed E-state index contributed by atoms with van der Waals surface area (Å²) in [6.45, 7) is 0.574. The highest BCUT2D eigenvalue weighted by Crippen LogP contribution is 2.30. The molecule has 1 aromatic rings. The summed E-state index contributed by atoms with van der Waals surface area (Å²) in [7, 11) is 0. The van der Waals surface area contributed by atoms with Gasteiger partial charge in [0.15, 0.2) is 0 Å². The topological polar surface area (TPSA) is 91.4 Å². The van der Waals surface area contributed by atoms with E-state index in [1.165, 1.54) is 6.42 Å². The lowest BCUT2D eigenvalue weighted by molar-refractivity contribution is -0.141. The van der Waals surface area contributed by atoms with Gasteiger partial charge in [-0.2, -0.15) is 0 Å². The molecule has 0 spiro atoms. The number of carbonyl (C=O) groups excluding carboxylic acids is 3. The first kappa shape index (κ1) is 21.8. The molecule has 2 heterocycles. The molecule has 0 unspecified atom stereocenters. The SMILES string of the molecule is O=C(N[C@H](C(=O)N1CCC[C@H]1C(=O)NC1CCCC1)C1CCCCC1)c1ccccn1. The number of hydrogen-bond donors (Lipinski definition) is 2. The van der Waals surface area contributed by atoms with Crippen LogP contribution in [0.1, 0.15) is 81.1 Å². The molecule has 0 aromatic carbocycles. The van der Waals surface area contributed by atoms with E-state index >= 15 is 0 Å². The van der Waals surface area contributed by atoms with E-state index in [0.29, 0.717) is 18.7 Å². The molecule has 0 bridgehead atoms. The molecular weight excluding hydrogens is 392 g/mol. The Kier molecular flexibility index (Phi) is 7.20. The maximum absolute atomic E-state index is 13.7. The van der Waals surface area contributed by atoms with Crippen molar-refractivity contribution in [2.75, 3.05) is 6.54 Å². The lowest BCUT2D eigenvalue weighted by Gasteiger charge is -2.34. The minimum Gasteiger partial charge on any atom is -0.352 e. The standard InChI is InChI=1S/C24H34N4O3/c29-22(19-13-6-7-15-25-19)27-21(17-9-2-1-3-10-17)24(31)28-16-8-14-20(28)23(30)26-18-11-4-5-12-18/h6-7,13,15,17-18,20-21H,1-5,8-12,14,16H2,(H,26,30)(H,27,29)/t20-,21-/m0/s1. The number of nitrogens with zero attached hydrogens (tertiary/aromatic N) is 2. The predicted molar refractivity (Wildman–Crippen MR) is 117 cm³/mol. The number of amides is 3. The molecule has 3 amide bonds. The van der Waals surface area contributed by atoms with E-state index in [1.807, 2.05) is 0 Å². The van der Waals surface area contributed by atoms with E-state index in [4.69, 9.17) is 0 Å². The molecule has 7 heteroatoms. The molecule has 4 rings (SSSR count). The van der Waals surface area contributed by atoms with Crippen LogP contribution in [0.15, 0.2) is 24.4 Å². The fraction of sp³-hybridized carbons (Fsp3) is 0.667. The summed E-state index contributed by atoms with van der Waals surface area (Å²) in [6.07, 6.45) is 12.6. The lowest BCUT2D eigenvalue weighted by atomic mass is 9.83. The molecule has 2 atom stereocenters. The number of aromatic nitrogens is 1. The third kappa shape index (κ3) is 5.25. The van der Waals surface area contributed by atoms with Crippen molar-refractivity contribution in [3.8, 4) is 0 Å². The second-order valence-electron chi connectivity index (χ2n) is 9.24. The van der Waals surface area contributed by atoms with Gasteiger partial charge in [-0.15, -0.1) is 0 Å². The zero-order valence-corrected chi connectivity index (χ0v) is 18.2. The summed E-state index contributed by atoms with van der Waals surface area (Å²) in [5.41, 5.74) is 0.313. The van der Waals surface area contributed by atoms with E-state index in [1.54, 1.807) is 29.3 Å². The highest BCUT2D eigenvalue weighted by Gasteiger charge is 2.41. The zero-order chi connectivity index (χ0) is 21.6. The zero-order valence-electron chi connectivity index (χ0n) is 18.2. The molecule has 2 saturated carbocycles. The Hall–Kier alpha value is -2.44. The van der Waals surface area contributed by atoms with Crippen molar-refractivity contribution < 1.29 is 14.4 Å². The van der Waals surface area contributed by atoms with Gasteiger partial charge < -0.3 is 15.5 Å². The first-order chi connectivity index (χ1) is 15.1. The number of pyridine rings is 1. The normalized spacial score (nSPS) is 23.5. The fourth-order valence-electron chi connectivity index (χ4n) is 5.41. The van der Waals surface area contributed by atoms with Crippen molar-refractivity contribution in [1.82, 2.24) is 20.5 Å². The number of hydrogen-bond acceptors (Lipinski definition) is 4. The van der Waals surface area contributed by atoms with Gasteiger partial charge in [0.2, 0.25) is 11.8 Å². The molecular formula is C24H34N4O3. The molecule has 0 radical (unpaired) electrons. The summed E-state index contributed by atoms with van der Waals surface area (Å²) in [5, 5.41) is 6.15. The maximum atomic E-state index is 13.7. The van der Waals surface area contributed by atoms with Crippen molar-refractivity contribution in [3.05, 3.63) is 30.1 Å². The quantitative estimate of drug-likeness (QED) is 0.732. The van der Waals surface area contributed by atoms with Gasteiger partial charge in [0.25, 0.3) is 5.91 Å². The van der Waals surface area contributed by atoms with Crippen molar-refractivity contribution in [2.24, 2.45) is 5.92 Å². The third-order valence-corrected chi connectivity index (χ3v) is 7.11. The minimum atomic E-state index is -0.602. The van der Waals surface area contributed by atoms with Crippen LogP contribution in [-0.4, -0.2) is 52.3 Å². The Labute approximate surface area is 184 Å². The molecule has 1 aliphatic heterocycles. The number of likely N-dealkylation sites (tertiary alicyclic amines) is 1. The predicted octanol–water partition coefficient (Wildman–Crippen LogP) is 2.81. The number of nitrogens with one attached hydrogen (secondary N) is 2. The van der Waals surface area contributed by atoms with Crippen molar-refractivity contribution in [3.63, 3.8) is 0 Å². The van der Waals surface area contributed by atoms with Crippen LogP contribution in [0.25, 0.3) is 0 Å². The van der Waals surface area contributed by atoms with Crippen LogP contribution >= 0.6 is 0 Å². The van der Waals surface area contributed by atoms with Gasteiger partial charge in [-0.3, -0.25) is 19.4 Å². The molecule has 168 valence electrons. The molecule has 3 fully saturated rings. The second-order valence-corrected chi connectivity index (χ2v) is 9.24. The van der Waals surface area contributed by atoms with Gasteiger partial charge in [0.1, 0.15) is 17.8 Å². The summed E-state index contributed by atoms with van der Waals surface area (Å²) < 4.78 is 0. The van der Waals surface area contributed by atoms with E-state index in [2.05, 4.69) is 15.6 Å². The van der Waals surface area contributed by atoms with Gasteiger partial charge in [0, 0.05) is 18.8 Å². The number of carbonyl (C=O) groups is 3. The van der Waals surface area contributed by atoms with Gasteiger partial charge in [-0.1, -0.05) is 38.2 Å². The van der Waals surface area contributed by atoms with E-state index in [0.717, 1.165) is 57.8 Å². The van der Waals surface area contributed by atoms with Crippen LogP contribution in [0.3, 0.4) is 0 Å².